The Morgan fingerprint density at radius 2 is 0.883 bits per heavy atom. The van der Waals surface area contributed by atoms with Crippen LogP contribution in [0.3, 0.4) is 0 Å². The lowest BCUT2D eigenvalue weighted by Crippen LogP contribution is -2.32. The van der Waals surface area contributed by atoms with E-state index in [0.29, 0.717) is 57.9 Å². The Bertz CT molecular complexity index is 2390. The second-order valence-corrected chi connectivity index (χ2v) is 18.6. The average Bonchev–Trinajstić information content (AvgIpc) is 4.14. The lowest BCUT2D eigenvalue weighted by molar-refractivity contribution is 0.0676. The third-order valence-electron chi connectivity index (χ3n) is 12.2. The van der Waals surface area contributed by atoms with E-state index in [1.807, 2.05) is 23.5 Å². The van der Waals surface area contributed by atoms with E-state index in [1.165, 1.54) is 31.7 Å². The van der Waals surface area contributed by atoms with Crippen molar-refractivity contribution in [2.24, 2.45) is 0 Å². The van der Waals surface area contributed by atoms with Gasteiger partial charge in [-0.1, -0.05) is 60.7 Å². The quantitative estimate of drug-likeness (QED) is 0.0598. The molecule has 4 atom stereocenters. The zero-order chi connectivity index (χ0) is 40.7. The molecule has 60 heavy (non-hydrogen) atoms. The number of hydrogen-bond donors (Lipinski definition) is 4. The van der Waals surface area contributed by atoms with Gasteiger partial charge in [-0.2, -0.15) is 0 Å². The fourth-order valence-electron chi connectivity index (χ4n) is 9.29. The summed E-state index contributed by atoms with van der Waals surface area (Å²) in [4.78, 5) is 61.4. The molecule has 304 valence electrons. The Balaban J connectivity index is 0.779. The minimum absolute atomic E-state index is 0.231. The summed E-state index contributed by atoms with van der Waals surface area (Å²) in [6.45, 7) is 3.53. The SMILES string of the molecule is O=C1c2ccccc2C(=O)N1[CH]CCC[C@@H]1N[C@H](Cc2c(-c3[nH]c4ccccc4c3C[C@@H]3CS[C@H](CCC[CH]N4C(=O)c5ccccc5C4=O)N3)[nH]c3ccccc23)CS1. The monoisotopic (exact) mass is 834 g/mol. The van der Waals surface area contributed by atoms with Gasteiger partial charge in [0.25, 0.3) is 23.6 Å². The van der Waals surface area contributed by atoms with E-state index >= 15 is 0 Å². The number of benzene rings is 4. The molecule has 4 amide bonds. The number of nitrogens with one attached hydrogen (secondary N) is 4. The van der Waals surface area contributed by atoms with Crippen molar-refractivity contribution in [3.63, 3.8) is 0 Å². The zero-order valence-corrected chi connectivity index (χ0v) is 34.7. The fourth-order valence-corrected chi connectivity index (χ4v) is 11.9. The van der Waals surface area contributed by atoms with E-state index in [0.717, 1.165) is 72.5 Å². The molecule has 2 radical (unpaired) electrons. The van der Waals surface area contributed by atoms with Gasteiger partial charge in [-0.15, -0.1) is 23.5 Å². The normalized spacial score (nSPS) is 21.3. The predicted octanol–water partition coefficient (Wildman–Crippen LogP) is 8.72. The second-order valence-electron chi connectivity index (χ2n) is 16.1. The van der Waals surface area contributed by atoms with Gasteiger partial charge in [0, 0.05) is 45.4 Å². The molecule has 4 aromatic carbocycles. The lowest BCUT2D eigenvalue weighted by Gasteiger charge is -2.17. The highest BCUT2D eigenvalue weighted by atomic mass is 32.2. The fraction of sp³-hybridized carbons (Fsp3) is 0.292. The van der Waals surface area contributed by atoms with Gasteiger partial charge >= 0.3 is 0 Å². The minimum atomic E-state index is -0.231. The number of hydrogen-bond acceptors (Lipinski definition) is 8. The molecular formula is C48H46N6O4S2. The number of fused-ring (bicyclic) bond motifs is 4. The average molecular weight is 835 g/mol. The molecule has 12 heteroatoms. The third-order valence-corrected chi connectivity index (χ3v) is 15.0. The highest BCUT2D eigenvalue weighted by Gasteiger charge is 2.37. The van der Waals surface area contributed by atoms with Crippen molar-refractivity contribution in [1.29, 1.82) is 0 Å². The van der Waals surface area contributed by atoms with Crippen molar-refractivity contribution in [2.45, 2.75) is 74.2 Å². The van der Waals surface area contributed by atoms with Gasteiger partial charge in [0.15, 0.2) is 0 Å². The molecule has 4 aliphatic heterocycles. The molecule has 4 aliphatic rings. The van der Waals surface area contributed by atoms with E-state index < -0.39 is 0 Å². The van der Waals surface area contributed by atoms with Crippen LogP contribution in [0.15, 0.2) is 97.1 Å². The van der Waals surface area contributed by atoms with Crippen LogP contribution in [0.25, 0.3) is 33.2 Å². The smallest absolute Gasteiger partial charge is 0.261 e. The first kappa shape index (κ1) is 39.0. The Morgan fingerprint density at radius 1 is 0.517 bits per heavy atom. The van der Waals surface area contributed by atoms with Gasteiger partial charge in [0.1, 0.15) is 0 Å². The number of thioether (sulfide) groups is 2. The summed E-state index contributed by atoms with van der Waals surface area (Å²) < 4.78 is 0. The van der Waals surface area contributed by atoms with Crippen LogP contribution in [0.4, 0.5) is 0 Å². The highest BCUT2D eigenvalue weighted by Crippen LogP contribution is 2.39. The maximum absolute atomic E-state index is 12.8. The molecule has 0 saturated carbocycles. The van der Waals surface area contributed by atoms with Gasteiger partial charge in [-0.25, -0.2) is 0 Å². The highest BCUT2D eigenvalue weighted by molar-refractivity contribution is 8.00. The summed E-state index contributed by atoms with van der Waals surface area (Å²) in [5.74, 6) is 1.09. The molecule has 2 saturated heterocycles. The predicted molar refractivity (Wildman–Crippen MR) is 240 cm³/mol. The molecular weight excluding hydrogens is 789 g/mol. The van der Waals surface area contributed by atoms with Crippen LogP contribution >= 0.6 is 23.5 Å². The van der Waals surface area contributed by atoms with Crippen molar-refractivity contribution in [3.05, 3.63) is 144 Å². The number of carbonyl (C=O) groups excluding carboxylic acids is 4. The standard InChI is InChI=1S/C48H46N6O4S2/c55-45-33-15-1-2-16-34(33)46(56)53(45)23-11-9-21-41-49-29(27-59-41)25-37-31-13-5-7-19-39(31)51-43(37)44-38(32-14-6-8-20-40(32)52-44)26-30-28-60-42(50-30)22-10-12-24-54-47(57)35-17-3-4-18-36(35)48(54)58/h1-8,13-20,23-24,29-30,41-42,49-52H,9-12,21-22,25-28H2/t29-,30-,41-,42-/m1/s1. The Labute approximate surface area is 357 Å². The first-order valence-corrected chi connectivity index (χ1v) is 23.1. The lowest BCUT2D eigenvalue weighted by atomic mass is 9.97. The van der Waals surface area contributed by atoms with Crippen molar-refractivity contribution >= 4 is 69.0 Å². The minimum Gasteiger partial charge on any atom is -0.353 e. The van der Waals surface area contributed by atoms with Gasteiger partial charge in [-0.05, 0) is 98.9 Å². The van der Waals surface area contributed by atoms with Gasteiger partial charge in [0.05, 0.1) is 57.5 Å². The maximum atomic E-state index is 12.8. The molecule has 2 aromatic heterocycles. The van der Waals surface area contributed by atoms with Crippen LogP contribution in [0.2, 0.25) is 0 Å². The van der Waals surface area contributed by atoms with Crippen molar-refractivity contribution in [2.75, 3.05) is 11.5 Å². The largest absolute Gasteiger partial charge is 0.353 e. The number of imide groups is 2. The molecule has 0 unspecified atom stereocenters. The number of amides is 4. The number of aromatic nitrogens is 2. The summed E-state index contributed by atoms with van der Waals surface area (Å²) in [5, 5.41) is 10.9. The molecule has 6 aromatic rings. The maximum Gasteiger partial charge on any atom is 0.261 e. The zero-order valence-electron chi connectivity index (χ0n) is 33.1. The first-order valence-electron chi connectivity index (χ1n) is 21.0. The molecule has 2 fully saturated rings. The Hall–Kier alpha value is -5.14. The second kappa shape index (κ2) is 16.7. The van der Waals surface area contributed by atoms with E-state index in [-0.39, 0.29) is 23.6 Å². The Morgan fingerprint density at radius 3 is 1.28 bits per heavy atom. The molecule has 0 bridgehead atoms. The molecule has 0 aliphatic carbocycles. The molecule has 6 heterocycles. The van der Waals surface area contributed by atoms with Crippen molar-refractivity contribution in [1.82, 2.24) is 30.4 Å². The summed E-state index contributed by atoms with van der Waals surface area (Å²) >= 11 is 3.91. The Kier molecular flexibility index (Phi) is 10.9. The topological polar surface area (TPSA) is 130 Å². The van der Waals surface area contributed by atoms with E-state index in [9.17, 15) is 19.2 Å². The number of H-pyrrole nitrogens is 2. The van der Waals surface area contributed by atoms with Crippen LogP contribution in [0, 0.1) is 13.1 Å². The molecule has 10 nitrogen and oxygen atoms in total. The van der Waals surface area contributed by atoms with Crippen LogP contribution in [-0.2, 0) is 12.8 Å². The number of rotatable bonds is 15. The summed E-state index contributed by atoms with van der Waals surface area (Å²) in [7, 11) is 0. The number of unbranched alkanes of at least 4 members (excludes halogenated alkanes) is 2. The number of nitrogens with zero attached hydrogens (tertiary/aromatic N) is 2. The van der Waals surface area contributed by atoms with Crippen molar-refractivity contribution < 1.29 is 19.2 Å². The van der Waals surface area contributed by atoms with Gasteiger partial charge < -0.3 is 20.6 Å². The first-order chi connectivity index (χ1) is 29.4. The molecule has 0 spiro atoms. The molecule has 10 rings (SSSR count). The van der Waals surface area contributed by atoms with Crippen LogP contribution in [0.1, 0.15) is 91.1 Å². The number of para-hydroxylation sites is 2. The number of aromatic amines is 2. The number of carbonyl (C=O) groups is 4. The van der Waals surface area contributed by atoms with Crippen LogP contribution in [0.5, 0.6) is 0 Å². The van der Waals surface area contributed by atoms with E-state index in [2.05, 4.69) is 69.1 Å². The van der Waals surface area contributed by atoms with E-state index in [1.54, 1.807) is 61.6 Å². The summed E-state index contributed by atoms with van der Waals surface area (Å²) in [6.07, 6.45) is 6.76. The summed E-state index contributed by atoms with van der Waals surface area (Å²) in [6, 6.07) is 31.9. The van der Waals surface area contributed by atoms with Crippen molar-refractivity contribution in [3.8, 4) is 11.4 Å². The van der Waals surface area contributed by atoms with E-state index in [4.69, 9.17) is 0 Å². The molecule has 4 N–H and O–H groups in total. The summed E-state index contributed by atoms with van der Waals surface area (Å²) in [5.41, 5.74) is 9.13. The van der Waals surface area contributed by atoms with Gasteiger partial charge in [0.2, 0.25) is 0 Å². The third kappa shape index (κ3) is 7.37. The van der Waals surface area contributed by atoms with Crippen LogP contribution in [-0.4, -0.2) is 77.7 Å². The van der Waals surface area contributed by atoms with Crippen LogP contribution < -0.4 is 10.6 Å². The van der Waals surface area contributed by atoms with Gasteiger partial charge in [-0.3, -0.25) is 29.0 Å².